The summed E-state index contributed by atoms with van der Waals surface area (Å²) < 4.78 is 28.9. The maximum atomic E-state index is 12.8. The van der Waals surface area contributed by atoms with Gasteiger partial charge in [-0.15, -0.1) is 0 Å². The lowest BCUT2D eigenvalue weighted by Crippen LogP contribution is -2.49. The Kier molecular flexibility index (Phi) is 4.36. The van der Waals surface area contributed by atoms with Crippen LogP contribution in [0.2, 0.25) is 0 Å². The number of nitrogens with zero attached hydrogens (tertiary/aromatic N) is 2. The van der Waals surface area contributed by atoms with Crippen molar-refractivity contribution >= 4 is 10.2 Å². The van der Waals surface area contributed by atoms with Crippen molar-refractivity contribution in [1.82, 2.24) is 8.61 Å². The predicted molar refractivity (Wildman–Crippen MR) is 77.4 cm³/mol. The van der Waals surface area contributed by atoms with Crippen molar-refractivity contribution in [3.05, 3.63) is 0 Å². The second-order valence-corrected chi connectivity index (χ2v) is 8.33. The molecule has 2 aliphatic heterocycles. The zero-order valence-electron chi connectivity index (χ0n) is 12.1. The van der Waals surface area contributed by atoms with Gasteiger partial charge in [-0.3, -0.25) is 0 Å². The van der Waals surface area contributed by atoms with Crippen molar-refractivity contribution in [2.24, 2.45) is 5.92 Å². The van der Waals surface area contributed by atoms with Crippen LogP contribution in [-0.4, -0.2) is 53.9 Å². The zero-order chi connectivity index (χ0) is 14.2. The Bertz CT molecular complexity index is 434. The first-order chi connectivity index (χ1) is 9.60. The van der Waals surface area contributed by atoms with Gasteiger partial charge in [0.2, 0.25) is 0 Å². The third-order valence-electron chi connectivity index (χ3n) is 5.21. The van der Waals surface area contributed by atoms with Gasteiger partial charge in [-0.05, 0) is 38.5 Å². The largest absolute Gasteiger partial charge is 0.393 e. The summed E-state index contributed by atoms with van der Waals surface area (Å²) in [5.74, 6) is 0.142. The lowest BCUT2D eigenvalue weighted by atomic mass is 9.81. The highest BCUT2D eigenvalue weighted by Crippen LogP contribution is 2.37. The van der Waals surface area contributed by atoms with Gasteiger partial charge in [-0.25, -0.2) is 0 Å². The van der Waals surface area contributed by atoms with Crippen molar-refractivity contribution < 1.29 is 13.5 Å². The molecule has 0 spiro atoms. The van der Waals surface area contributed by atoms with Gasteiger partial charge in [0.1, 0.15) is 0 Å². The molecule has 0 aromatic heterocycles. The van der Waals surface area contributed by atoms with E-state index >= 15 is 0 Å². The van der Waals surface area contributed by atoms with Crippen LogP contribution in [0.25, 0.3) is 0 Å². The number of hydrogen-bond donors (Lipinski definition) is 1. The molecule has 20 heavy (non-hydrogen) atoms. The molecule has 6 heteroatoms. The van der Waals surface area contributed by atoms with Gasteiger partial charge in [0.15, 0.2) is 0 Å². The lowest BCUT2D eigenvalue weighted by molar-refractivity contribution is 0.0377. The van der Waals surface area contributed by atoms with Crippen LogP contribution in [0.15, 0.2) is 0 Å². The molecule has 0 aromatic rings. The SMILES string of the molecule is O=S(=O)(N1CCCC1)N1CCCC1C1CCCCC1O. The molecule has 3 aliphatic rings. The van der Waals surface area contributed by atoms with Crippen molar-refractivity contribution in [3.8, 4) is 0 Å². The summed E-state index contributed by atoms with van der Waals surface area (Å²) in [4.78, 5) is 0. The van der Waals surface area contributed by atoms with Gasteiger partial charge < -0.3 is 5.11 Å². The molecule has 1 saturated carbocycles. The summed E-state index contributed by atoms with van der Waals surface area (Å²) in [6, 6.07) is 0.0240. The fourth-order valence-corrected chi connectivity index (χ4v) is 6.12. The highest BCUT2D eigenvalue weighted by molar-refractivity contribution is 7.86. The summed E-state index contributed by atoms with van der Waals surface area (Å²) in [5.41, 5.74) is 0. The molecule has 0 amide bonds. The van der Waals surface area contributed by atoms with Crippen molar-refractivity contribution in [2.75, 3.05) is 19.6 Å². The Morgan fingerprint density at radius 2 is 1.55 bits per heavy atom. The number of aliphatic hydroxyl groups excluding tert-OH is 1. The van der Waals surface area contributed by atoms with E-state index in [4.69, 9.17) is 0 Å². The summed E-state index contributed by atoms with van der Waals surface area (Å²) in [5, 5.41) is 10.2. The van der Waals surface area contributed by atoms with E-state index in [0.717, 1.165) is 51.4 Å². The monoisotopic (exact) mass is 302 g/mol. The van der Waals surface area contributed by atoms with Crippen LogP contribution < -0.4 is 0 Å². The fraction of sp³-hybridized carbons (Fsp3) is 1.00. The second kappa shape index (κ2) is 5.91. The smallest absolute Gasteiger partial charge is 0.282 e. The normalized spacial score (nSPS) is 37.5. The van der Waals surface area contributed by atoms with Crippen LogP contribution in [0, 0.1) is 5.92 Å². The van der Waals surface area contributed by atoms with Gasteiger partial charge in [0, 0.05) is 31.6 Å². The Hall–Kier alpha value is -0.170. The highest BCUT2D eigenvalue weighted by Gasteiger charge is 2.44. The topological polar surface area (TPSA) is 60.9 Å². The van der Waals surface area contributed by atoms with E-state index in [1.165, 1.54) is 0 Å². The maximum absolute atomic E-state index is 12.8. The number of hydrogen-bond acceptors (Lipinski definition) is 3. The third kappa shape index (κ3) is 2.63. The van der Waals surface area contributed by atoms with Gasteiger partial charge in [0.05, 0.1) is 6.10 Å². The predicted octanol–water partition coefficient (Wildman–Crippen LogP) is 1.34. The Morgan fingerprint density at radius 3 is 2.25 bits per heavy atom. The van der Waals surface area contributed by atoms with Gasteiger partial charge in [-0.1, -0.05) is 12.8 Å². The molecule has 3 unspecified atom stereocenters. The molecule has 3 fully saturated rings. The van der Waals surface area contributed by atoms with Crippen LogP contribution in [0.1, 0.15) is 51.4 Å². The zero-order valence-corrected chi connectivity index (χ0v) is 12.9. The molecule has 2 heterocycles. The van der Waals surface area contributed by atoms with E-state index in [-0.39, 0.29) is 18.1 Å². The van der Waals surface area contributed by atoms with E-state index in [0.29, 0.717) is 19.6 Å². The van der Waals surface area contributed by atoms with E-state index in [1.54, 1.807) is 8.61 Å². The molecule has 1 aliphatic carbocycles. The molecular weight excluding hydrogens is 276 g/mol. The molecule has 0 radical (unpaired) electrons. The van der Waals surface area contributed by atoms with Crippen molar-refractivity contribution in [3.63, 3.8) is 0 Å². The summed E-state index contributed by atoms with van der Waals surface area (Å²) in [6.07, 6.45) is 7.47. The van der Waals surface area contributed by atoms with Gasteiger partial charge in [0.25, 0.3) is 10.2 Å². The lowest BCUT2D eigenvalue weighted by Gasteiger charge is -2.37. The molecule has 2 saturated heterocycles. The summed E-state index contributed by atoms with van der Waals surface area (Å²) in [7, 11) is -3.30. The molecule has 5 nitrogen and oxygen atoms in total. The average Bonchev–Trinajstić information content (AvgIpc) is 3.11. The fourth-order valence-electron chi connectivity index (χ4n) is 4.14. The van der Waals surface area contributed by atoms with Crippen molar-refractivity contribution in [2.45, 2.75) is 63.5 Å². The van der Waals surface area contributed by atoms with Gasteiger partial charge in [-0.2, -0.15) is 17.0 Å². The first kappa shape index (κ1) is 14.8. The molecule has 3 atom stereocenters. The quantitative estimate of drug-likeness (QED) is 0.856. The molecule has 116 valence electrons. The standard InChI is InChI=1S/C14H26N2O3S/c17-14-8-2-1-6-12(14)13-7-5-11-16(13)20(18,19)15-9-3-4-10-15/h12-14,17H,1-11H2. The Balaban J connectivity index is 1.77. The number of aliphatic hydroxyl groups is 1. The average molecular weight is 302 g/mol. The molecular formula is C14H26N2O3S. The summed E-state index contributed by atoms with van der Waals surface area (Å²) >= 11 is 0. The minimum atomic E-state index is -3.30. The highest BCUT2D eigenvalue weighted by atomic mass is 32.2. The van der Waals surface area contributed by atoms with E-state index < -0.39 is 10.2 Å². The van der Waals surface area contributed by atoms with Crippen LogP contribution in [0.4, 0.5) is 0 Å². The van der Waals surface area contributed by atoms with Crippen LogP contribution >= 0.6 is 0 Å². The van der Waals surface area contributed by atoms with Gasteiger partial charge >= 0.3 is 0 Å². The van der Waals surface area contributed by atoms with Crippen LogP contribution in [-0.2, 0) is 10.2 Å². The van der Waals surface area contributed by atoms with Crippen LogP contribution in [0.5, 0.6) is 0 Å². The van der Waals surface area contributed by atoms with E-state index in [9.17, 15) is 13.5 Å². The van der Waals surface area contributed by atoms with Crippen molar-refractivity contribution in [1.29, 1.82) is 0 Å². The minimum absolute atomic E-state index is 0.0240. The molecule has 0 bridgehead atoms. The number of rotatable bonds is 3. The first-order valence-corrected chi connectivity index (χ1v) is 9.45. The van der Waals surface area contributed by atoms with E-state index in [1.807, 2.05) is 0 Å². The maximum Gasteiger partial charge on any atom is 0.282 e. The summed E-state index contributed by atoms with van der Waals surface area (Å²) in [6.45, 7) is 1.96. The Morgan fingerprint density at radius 1 is 0.850 bits per heavy atom. The Labute approximate surface area is 122 Å². The second-order valence-electron chi connectivity index (χ2n) is 6.45. The molecule has 3 rings (SSSR count). The molecule has 1 N–H and O–H groups in total. The molecule has 0 aromatic carbocycles. The minimum Gasteiger partial charge on any atom is -0.393 e. The third-order valence-corrected chi connectivity index (χ3v) is 7.28. The van der Waals surface area contributed by atoms with E-state index in [2.05, 4.69) is 0 Å². The first-order valence-electron chi connectivity index (χ1n) is 8.05. The van der Waals surface area contributed by atoms with Crippen LogP contribution in [0.3, 0.4) is 0 Å².